The molecular formula is C13H16BrFN4. The molecule has 2 rings (SSSR count). The largest absolute Gasteiger partial charge is 0.394 e. The number of aromatic nitrogens is 2. The van der Waals surface area contributed by atoms with E-state index in [1.165, 1.54) is 6.07 Å². The van der Waals surface area contributed by atoms with Gasteiger partial charge in [0.25, 0.3) is 0 Å². The van der Waals surface area contributed by atoms with Crippen LogP contribution in [-0.4, -0.2) is 9.78 Å². The van der Waals surface area contributed by atoms with Gasteiger partial charge >= 0.3 is 0 Å². The lowest BCUT2D eigenvalue weighted by Crippen LogP contribution is -2.08. The van der Waals surface area contributed by atoms with Crippen LogP contribution in [0.5, 0.6) is 0 Å². The molecule has 3 N–H and O–H groups in total. The van der Waals surface area contributed by atoms with Gasteiger partial charge in [0.2, 0.25) is 0 Å². The summed E-state index contributed by atoms with van der Waals surface area (Å²) in [6, 6.07) is 5.01. The molecule has 6 heteroatoms. The number of nitrogens with one attached hydrogen (secondary N) is 1. The lowest BCUT2D eigenvalue weighted by Gasteiger charge is -2.13. The Morgan fingerprint density at radius 2 is 2.11 bits per heavy atom. The van der Waals surface area contributed by atoms with E-state index in [0.29, 0.717) is 21.7 Å². The van der Waals surface area contributed by atoms with Crippen molar-refractivity contribution < 1.29 is 4.39 Å². The van der Waals surface area contributed by atoms with E-state index in [2.05, 4.69) is 26.3 Å². The first-order chi connectivity index (χ1) is 8.90. The molecule has 0 spiro atoms. The van der Waals surface area contributed by atoms with Crippen molar-refractivity contribution in [2.24, 2.45) is 0 Å². The lowest BCUT2D eigenvalue weighted by atomic mass is 10.3. The molecule has 1 aromatic heterocycles. The molecule has 102 valence electrons. The second kappa shape index (κ2) is 5.21. The number of aryl methyl sites for hydroxylation is 1. The van der Waals surface area contributed by atoms with Crippen LogP contribution in [0.25, 0.3) is 0 Å². The Hall–Kier alpha value is -1.56. The number of halogens is 2. The fourth-order valence-electron chi connectivity index (χ4n) is 1.77. The quantitative estimate of drug-likeness (QED) is 0.896. The van der Waals surface area contributed by atoms with Crippen molar-refractivity contribution in [1.82, 2.24) is 9.78 Å². The zero-order valence-electron chi connectivity index (χ0n) is 11.0. The summed E-state index contributed by atoms with van der Waals surface area (Å²) in [4.78, 5) is 0. The number of hydrogen-bond acceptors (Lipinski definition) is 3. The molecule has 1 aromatic carbocycles. The number of nitrogen functional groups attached to an aromatic ring is 1. The molecule has 1 heterocycles. The van der Waals surface area contributed by atoms with Crippen molar-refractivity contribution in [1.29, 1.82) is 0 Å². The van der Waals surface area contributed by atoms with Crippen molar-refractivity contribution in [3.05, 3.63) is 34.2 Å². The molecule has 4 nitrogen and oxygen atoms in total. The van der Waals surface area contributed by atoms with Gasteiger partial charge in [-0.15, -0.1) is 0 Å². The highest BCUT2D eigenvalue weighted by molar-refractivity contribution is 9.10. The lowest BCUT2D eigenvalue weighted by molar-refractivity contribution is 0.536. The van der Waals surface area contributed by atoms with E-state index in [9.17, 15) is 4.39 Å². The average molecular weight is 327 g/mol. The molecule has 0 fully saturated rings. The first-order valence-corrected chi connectivity index (χ1v) is 6.76. The van der Waals surface area contributed by atoms with E-state index in [1.807, 2.05) is 20.8 Å². The summed E-state index contributed by atoms with van der Waals surface area (Å²) in [6.45, 7) is 5.88. The topological polar surface area (TPSA) is 55.9 Å². The van der Waals surface area contributed by atoms with Crippen molar-refractivity contribution >= 4 is 33.1 Å². The predicted octanol–water partition coefficient (Wildman–Crippen LogP) is 4.00. The van der Waals surface area contributed by atoms with E-state index in [4.69, 9.17) is 5.73 Å². The highest BCUT2D eigenvalue weighted by Gasteiger charge is 2.15. The number of anilines is 3. The fourth-order valence-corrected chi connectivity index (χ4v) is 2.02. The van der Waals surface area contributed by atoms with Gasteiger partial charge in [0.05, 0.1) is 15.9 Å². The minimum absolute atomic E-state index is 0.166. The maximum absolute atomic E-state index is 13.5. The first kappa shape index (κ1) is 13.9. The van der Waals surface area contributed by atoms with Crippen molar-refractivity contribution in [3.63, 3.8) is 0 Å². The van der Waals surface area contributed by atoms with Gasteiger partial charge in [-0.2, -0.15) is 5.10 Å². The van der Waals surface area contributed by atoms with Gasteiger partial charge in [-0.1, -0.05) is 0 Å². The normalized spacial score (nSPS) is 11.1. The van der Waals surface area contributed by atoms with Crippen LogP contribution in [0.2, 0.25) is 0 Å². The molecule has 0 aliphatic rings. The number of rotatable bonds is 3. The van der Waals surface area contributed by atoms with E-state index < -0.39 is 0 Å². The molecule has 0 amide bonds. The monoisotopic (exact) mass is 326 g/mol. The number of hydrogen-bond donors (Lipinski definition) is 2. The fraction of sp³-hybridized carbons (Fsp3) is 0.308. The summed E-state index contributed by atoms with van der Waals surface area (Å²) in [6.07, 6.45) is 0. The van der Waals surface area contributed by atoms with Crippen LogP contribution in [0.1, 0.15) is 25.6 Å². The van der Waals surface area contributed by atoms with Crippen LogP contribution in [0.3, 0.4) is 0 Å². The molecule has 0 saturated heterocycles. The maximum Gasteiger partial charge on any atom is 0.152 e. The number of nitrogens with two attached hydrogens (primary N) is 1. The van der Waals surface area contributed by atoms with Crippen molar-refractivity contribution in [2.75, 3.05) is 11.1 Å². The van der Waals surface area contributed by atoms with Crippen LogP contribution in [0, 0.1) is 12.7 Å². The number of benzene rings is 1. The molecule has 0 radical (unpaired) electrons. The van der Waals surface area contributed by atoms with Gasteiger partial charge in [0.1, 0.15) is 5.82 Å². The molecular weight excluding hydrogens is 311 g/mol. The minimum Gasteiger partial charge on any atom is -0.394 e. The van der Waals surface area contributed by atoms with Gasteiger partial charge in [-0.25, -0.2) is 9.07 Å². The summed E-state index contributed by atoms with van der Waals surface area (Å²) < 4.78 is 15.7. The van der Waals surface area contributed by atoms with E-state index in [-0.39, 0.29) is 11.9 Å². The third-order valence-corrected chi connectivity index (χ3v) is 3.45. The third-order valence-electron chi connectivity index (χ3n) is 2.80. The molecule has 0 aliphatic heterocycles. The third kappa shape index (κ3) is 2.73. The highest BCUT2D eigenvalue weighted by atomic mass is 79.9. The van der Waals surface area contributed by atoms with Gasteiger partial charge in [-0.3, -0.25) is 0 Å². The van der Waals surface area contributed by atoms with E-state index in [1.54, 1.807) is 16.8 Å². The molecule has 19 heavy (non-hydrogen) atoms. The Labute approximate surface area is 119 Å². The molecule has 0 atom stereocenters. The predicted molar refractivity (Wildman–Crippen MR) is 79.1 cm³/mol. The molecule has 0 bridgehead atoms. The SMILES string of the molecule is Cc1nn(C(C)C)c(Nc2ccc(Br)c(F)c2)c1N. The Morgan fingerprint density at radius 3 is 2.68 bits per heavy atom. The standard InChI is InChI=1S/C13H16BrFN4/c1-7(2)19-13(12(16)8(3)18-19)17-9-4-5-10(14)11(15)6-9/h4-7,17H,16H2,1-3H3. The van der Waals surface area contributed by atoms with Crippen LogP contribution >= 0.6 is 15.9 Å². The number of nitrogens with zero attached hydrogens (tertiary/aromatic N) is 2. The second-order valence-corrected chi connectivity index (χ2v) is 5.49. The summed E-state index contributed by atoms with van der Waals surface area (Å²) in [7, 11) is 0. The Kier molecular flexibility index (Phi) is 3.80. The van der Waals surface area contributed by atoms with Crippen LogP contribution < -0.4 is 11.1 Å². The summed E-state index contributed by atoms with van der Waals surface area (Å²) in [5, 5.41) is 7.50. The molecule has 0 aliphatic carbocycles. The Balaban J connectivity index is 2.40. The highest BCUT2D eigenvalue weighted by Crippen LogP contribution is 2.29. The molecule has 0 unspecified atom stereocenters. The smallest absolute Gasteiger partial charge is 0.152 e. The summed E-state index contributed by atoms with van der Waals surface area (Å²) >= 11 is 3.13. The van der Waals surface area contributed by atoms with Crippen LogP contribution in [-0.2, 0) is 0 Å². The van der Waals surface area contributed by atoms with E-state index >= 15 is 0 Å². The molecule has 2 aromatic rings. The zero-order chi connectivity index (χ0) is 14.2. The van der Waals surface area contributed by atoms with Crippen LogP contribution in [0.4, 0.5) is 21.6 Å². The maximum atomic E-state index is 13.5. The van der Waals surface area contributed by atoms with Crippen molar-refractivity contribution in [2.45, 2.75) is 26.8 Å². The second-order valence-electron chi connectivity index (χ2n) is 4.64. The average Bonchev–Trinajstić information content (AvgIpc) is 2.62. The Morgan fingerprint density at radius 1 is 1.42 bits per heavy atom. The van der Waals surface area contributed by atoms with E-state index in [0.717, 1.165) is 5.69 Å². The zero-order valence-corrected chi connectivity index (χ0v) is 12.6. The van der Waals surface area contributed by atoms with Crippen LogP contribution in [0.15, 0.2) is 22.7 Å². The first-order valence-electron chi connectivity index (χ1n) is 5.96. The van der Waals surface area contributed by atoms with Gasteiger partial charge in [-0.05, 0) is 54.9 Å². The molecule has 0 saturated carbocycles. The minimum atomic E-state index is -0.323. The van der Waals surface area contributed by atoms with Gasteiger partial charge in [0, 0.05) is 11.7 Å². The van der Waals surface area contributed by atoms with Gasteiger partial charge < -0.3 is 11.1 Å². The van der Waals surface area contributed by atoms with Gasteiger partial charge in [0.15, 0.2) is 5.82 Å². The van der Waals surface area contributed by atoms with Crippen molar-refractivity contribution in [3.8, 4) is 0 Å². The Bertz CT molecular complexity index is 607. The summed E-state index contributed by atoms with van der Waals surface area (Å²) in [5.41, 5.74) is 7.98. The summed E-state index contributed by atoms with van der Waals surface area (Å²) in [5.74, 6) is 0.366.